The Morgan fingerprint density at radius 1 is 1.16 bits per heavy atom. The summed E-state index contributed by atoms with van der Waals surface area (Å²) in [5.74, 6) is 6.44. The molecule has 0 aromatic carbocycles. The van der Waals surface area contributed by atoms with Crippen molar-refractivity contribution in [1.82, 2.24) is 25.1 Å². The molecule has 2 aromatic heterocycles. The van der Waals surface area contributed by atoms with Crippen LogP contribution in [0.4, 0.5) is 11.6 Å². The molecule has 2 saturated carbocycles. The summed E-state index contributed by atoms with van der Waals surface area (Å²) in [6.45, 7) is 4.91. The van der Waals surface area contributed by atoms with Crippen molar-refractivity contribution < 1.29 is 0 Å². The smallest absolute Gasteiger partial charge is 0.171 e. The molecule has 2 aromatic rings. The fourth-order valence-electron chi connectivity index (χ4n) is 4.13. The predicted molar refractivity (Wildman–Crippen MR) is 95.7 cm³/mol. The Hall–Kier alpha value is -2.18. The van der Waals surface area contributed by atoms with E-state index in [0.29, 0.717) is 17.8 Å². The first-order valence-corrected chi connectivity index (χ1v) is 9.55. The van der Waals surface area contributed by atoms with Gasteiger partial charge in [-0.25, -0.2) is 15.0 Å². The van der Waals surface area contributed by atoms with Crippen molar-refractivity contribution in [1.29, 1.82) is 0 Å². The molecule has 5 rings (SSSR count). The highest BCUT2D eigenvalue weighted by molar-refractivity contribution is 5.61. The van der Waals surface area contributed by atoms with Crippen LogP contribution in [0.1, 0.15) is 56.1 Å². The van der Waals surface area contributed by atoms with Gasteiger partial charge in [0, 0.05) is 43.9 Å². The maximum absolute atomic E-state index is 4.86. The van der Waals surface area contributed by atoms with Gasteiger partial charge in [0.2, 0.25) is 0 Å². The zero-order chi connectivity index (χ0) is 16.8. The zero-order valence-corrected chi connectivity index (χ0v) is 14.6. The third-order valence-corrected chi connectivity index (χ3v) is 5.73. The van der Waals surface area contributed by atoms with Crippen LogP contribution >= 0.6 is 0 Å². The van der Waals surface area contributed by atoms with Crippen LogP contribution in [0.2, 0.25) is 0 Å². The van der Waals surface area contributed by atoms with Crippen LogP contribution in [0.15, 0.2) is 12.4 Å². The van der Waals surface area contributed by atoms with E-state index in [4.69, 9.17) is 4.98 Å². The number of aromatic nitrogens is 5. The molecular weight excluding hydrogens is 314 g/mol. The summed E-state index contributed by atoms with van der Waals surface area (Å²) in [6, 6.07) is 0. The standard InChI is InChI=1S/C18H25N7/c1-2-19-17-18(21-8-7-20-17)25-9-13(11-3-4-11)14(10-25)16-22-15(23-24-16)12-5-6-12/h7-8,11-14H,2-6,9-10H2,1H3,(H,19,20)(H,22,23,24)/t13-,14+/m1/s1. The molecule has 7 heteroatoms. The van der Waals surface area contributed by atoms with Crippen LogP contribution in [0, 0.1) is 11.8 Å². The van der Waals surface area contributed by atoms with E-state index in [-0.39, 0.29) is 0 Å². The molecule has 2 aliphatic carbocycles. The summed E-state index contributed by atoms with van der Waals surface area (Å²) >= 11 is 0. The molecule has 0 bridgehead atoms. The first kappa shape index (κ1) is 15.1. The Balaban J connectivity index is 1.42. The van der Waals surface area contributed by atoms with E-state index in [1.54, 1.807) is 12.4 Å². The Bertz CT molecular complexity index is 749. The Morgan fingerprint density at radius 3 is 2.76 bits per heavy atom. The van der Waals surface area contributed by atoms with Crippen LogP contribution in [0.3, 0.4) is 0 Å². The van der Waals surface area contributed by atoms with Crippen molar-refractivity contribution in [3.05, 3.63) is 24.0 Å². The highest BCUT2D eigenvalue weighted by atomic mass is 15.3. The van der Waals surface area contributed by atoms with Gasteiger partial charge in [0.05, 0.1) is 0 Å². The molecule has 1 saturated heterocycles. The Kier molecular flexibility index (Phi) is 3.60. The van der Waals surface area contributed by atoms with Gasteiger partial charge in [0.25, 0.3) is 0 Å². The summed E-state index contributed by atoms with van der Waals surface area (Å²) in [6.07, 6.45) is 8.72. The Labute approximate surface area is 147 Å². The molecule has 3 heterocycles. The van der Waals surface area contributed by atoms with Crippen molar-refractivity contribution in [3.8, 4) is 0 Å². The Morgan fingerprint density at radius 2 is 2.00 bits per heavy atom. The van der Waals surface area contributed by atoms with Gasteiger partial charge < -0.3 is 10.2 Å². The molecule has 0 spiro atoms. The number of nitrogens with one attached hydrogen (secondary N) is 2. The van der Waals surface area contributed by atoms with Crippen LogP contribution in [0.25, 0.3) is 0 Å². The van der Waals surface area contributed by atoms with Crippen molar-refractivity contribution in [2.24, 2.45) is 11.8 Å². The molecule has 3 fully saturated rings. The van der Waals surface area contributed by atoms with E-state index < -0.39 is 0 Å². The first-order valence-electron chi connectivity index (χ1n) is 9.55. The summed E-state index contributed by atoms with van der Waals surface area (Å²) in [5, 5.41) is 11.1. The van der Waals surface area contributed by atoms with Gasteiger partial charge in [0.15, 0.2) is 17.5 Å². The summed E-state index contributed by atoms with van der Waals surface area (Å²) in [4.78, 5) is 16.3. The van der Waals surface area contributed by atoms with Gasteiger partial charge in [-0.3, -0.25) is 5.10 Å². The molecule has 2 atom stereocenters. The zero-order valence-electron chi connectivity index (χ0n) is 14.6. The third kappa shape index (κ3) is 2.85. The number of rotatable bonds is 6. The molecule has 25 heavy (non-hydrogen) atoms. The number of nitrogens with zero attached hydrogens (tertiary/aromatic N) is 5. The normalized spacial score (nSPS) is 26.2. The van der Waals surface area contributed by atoms with E-state index in [2.05, 4.69) is 37.3 Å². The van der Waals surface area contributed by atoms with E-state index in [1.165, 1.54) is 25.7 Å². The van der Waals surface area contributed by atoms with Gasteiger partial charge in [-0.1, -0.05) is 0 Å². The molecule has 0 amide bonds. The number of H-pyrrole nitrogens is 1. The lowest BCUT2D eigenvalue weighted by molar-refractivity contribution is 0.444. The summed E-state index contributed by atoms with van der Waals surface area (Å²) < 4.78 is 0. The number of hydrogen-bond donors (Lipinski definition) is 2. The predicted octanol–water partition coefficient (Wildman–Crippen LogP) is 2.53. The minimum absolute atomic E-state index is 0.420. The van der Waals surface area contributed by atoms with Gasteiger partial charge >= 0.3 is 0 Å². The second-order valence-corrected chi connectivity index (χ2v) is 7.62. The van der Waals surface area contributed by atoms with Crippen LogP contribution in [-0.4, -0.2) is 44.8 Å². The second-order valence-electron chi connectivity index (χ2n) is 7.62. The summed E-state index contributed by atoms with van der Waals surface area (Å²) in [5.41, 5.74) is 0. The molecule has 132 valence electrons. The van der Waals surface area contributed by atoms with Gasteiger partial charge in [-0.2, -0.15) is 5.10 Å². The van der Waals surface area contributed by atoms with Gasteiger partial charge in [-0.15, -0.1) is 0 Å². The SMILES string of the molecule is CCNc1nccnc1N1C[C@H](c2nc(C3CC3)n[nH]2)[C@@H](C2CC2)C1. The molecule has 1 aliphatic heterocycles. The monoisotopic (exact) mass is 339 g/mol. The first-order chi connectivity index (χ1) is 12.3. The van der Waals surface area contributed by atoms with E-state index in [0.717, 1.165) is 48.8 Å². The second kappa shape index (κ2) is 5.97. The van der Waals surface area contributed by atoms with Crippen molar-refractivity contribution in [2.45, 2.75) is 44.4 Å². The highest BCUT2D eigenvalue weighted by Gasteiger charge is 2.45. The fraction of sp³-hybridized carbons (Fsp3) is 0.667. The molecule has 7 nitrogen and oxygen atoms in total. The maximum Gasteiger partial charge on any atom is 0.171 e. The molecule has 3 aliphatic rings. The third-order valence-electron chi connectivity index (χ3n) is 5.73. The average molecular weight is 339 g/mol. The fourth-order valence-corrected chi connectivity index (χ4v) is 4.13. The highest BCUT2D eigenvalue weighted by Crippen LogP contribution is 2.48. The lowest BCUT2D eigenvalue weighted by Gasteiger charge is -2.20. The lowest BCUT2D eigenvalue weighted by atomic mass is 9.91. The van der Waals surface area contributed by atoms with Crippen LogP contribution in [-0.2, 0) is 0 Å². The largest absolute Gasteiger partial charge is 0.367 e. The van der Waals surface area contributed by atoms with Crippen LogP contribution < -0.4 is 10.2 Å². The molecule has 0 radical (unpaired) electrons. The van der Waals surface area contributed by atoms with Crippen molar-refractivity contribution in [3.63, 3.8) is 0 Å². The van der Waals surface area contributed by atoms with E-state index >= 15 is 0 Å². The van der Waals surface area contributed by atoms with Gasteiger partial charge in [0.1, 0.15) is 5.82 Å². The number of anilines is 2. The molecular formula is C18H25N7. The van der Waals surface area contributed by atoms with E-state index in [9.17, 15) is 0 Å². The van der Waals surface area contributed by atoms with Crippen LogP contribution in [0.5, 0.6) is 0 Å². The van der Waals surface area contributed by atoms with E-state index in [1.807, 2.05) is 0 Å². The van der Waals surface area contributed by atoms with Gasteiger partial charge in [-0.05, 0) is 44.4 Å². The number of aromatic amines is 1. The van der Waals surface area contributed by atoms with Crippen molar-refractivity contribution >= 4 is 11.6 Å². The number of hydrogen-bond acceptors (Lipinski definition) is 6. The summed E-state index contributed by atoms with van der Waals surface area (Å²) in [7, 11) is 0. The lowest BCUT2D eigenvalue weighted by Crippen LogP contribution is -2.23. The quantitative estimate of drug-likeness (QED) is 0.841. The minimum atomic E-state index is 0.420. The average Bonchev–Trinajstić information content (AvgIpc) is 3.57. The molecule has 2 N–H and O–H groups in total. The molecule has 0 unspecified atom stereocenters. The minimum Gasteiger partial charge on any atom is -0.367 e. The van der Waals surface area contributed by atoms with Crippen molar-refractivity contribution in [2.75, 3.05) is 29.9 Å². The maximum atomic E-state index is 4.86. The topological polar surface area (TPSA) is 82.6 Å².